The van der Waals surface area contributed by atoms with E-state index in [4.69, 9.17) is 22.6 Å². The highest BCUT2D eigenvalue weighted by molar-refractivity contribution is 6.31. The predicted octanol–water partition coefficient (Wildman–Crippen LogP) is 1.63. The summed E-state index contributed by atoms with van der Waals surface area (Å²) in [5.74, 6) is 0. The van der Waals surface area contributed by atoms with Crippen molar-refractivity contribution < 1.29 is 0 Å². The summed E-state index contributed by atoms with van der Waals surface area (Å²) < 4.78 is 0. The Labute approximate surface area is 75.8 Å². The van der Waals surface area contributed by atoms with E-state index in [1.807, 2.05) is 6.07 Å². The van der Waals surface area contributed by atoms with Gasteiger partial charge in [-0.25, -0.2) is 0 Å². The molecule has 4 heteroatoms. The van der Waals surface area contributed by atoms with E-state index in [-0.39, 0.29) is 6.04 Å². The van der Waals surface area contributed by atoms with Gasteiger partial charge in [-0.1, -0.05) is 11.6 Å². The lowest BCUT2D eigenvalue weighted by molar-refractivity contribution is 0.781. The summed E-state index contributed by atoms with van der Waals surface area (Å²) in [6.07, 6.45) is 1.46. The van der Waals surface area contributed by atoms with E-state index < -0.39 is 0 Å². The van der Waals surface area contributed by atoms with E-state index in [0.717, 1.165) is 0 Å². The van der Waals surface area contributed by atoms with E-state index in [9.17, 15) is 0 Å². The smallest absolute Gasteiger partial charge is 0.101 e. The van der Waals surface area contributed by atoms with Crippen molar-refractivity contribution in [2.75, 3.05) is 0 Å². The van der Waals surface area contributed by atoms with Crippen LogP contribution in [0.4, 0.5) is 0 Å². The minimum atomic E-state index is -0.203. The molecule has 0 saturated carbocycles. The second-order valence-corrected chi connectivity index (χ2v) is 2.90. The zero-order chi connectivity index (χ0) is 9.14. The van der Waals surface area contributed by atoms with Crippen LogP contribution < -0.4 is 5.73 Å². The molecule has 0 amide bonds. The Morgan fingerprint density at radius 1 is 1.75 bits per heavy atom. The molecule has 1 aromatic rings. The second-order valence-electron chi connectivity index (χ2n) is 2.49. The number of nitrogens with zero attached hydrogens (tertiary/aromatic N) is 2. The Kier molecular flexibility index (Phi) is 2.64. The van der Waals surface area contributed by atoms with E-state index in [1.54, 1.807) is 13.0 Å². The maximum Gasteiger partial charge on any atom is 0.101 e. The minimum absolute atomic E-state index is 0.203. The van der Waals surface area contributed by atoms with Crippen LogP contribution in [-0.4, -0.2) is 4.98 Å². The Balaban J connectivity index is 3.14. The maximum absolute atomic E-state index is 8.51. The highest BCUT2D eigenvalue weighted by Crippen LogP contribution is 2.19. The fraction of sp³-hybridized carbons (Fsp3) is 0.250. The van der Waals surface area contributed by atoms with E-state index in [2.05, 4.69) is 4.98 Å². The molecule has 1 heterocycles. The summed E-state index contributed by atoms with van der Waals surface area (Å²) in [4.78, 5) is 3.97. The predicted molar refractivity (Wildman–Crippen MR) is 46.6 cm³/mol. The fourth-order valence-electron chi connectivity index (χ4n) is 0.845. The minimum Gasteiger partial charge on any atom is -0.323 e. The molecule has 3 nitrogen and oxygen atoms in total. The van der Waals surface area contributed by atoms with Crippen LogP contribution in [-0.2, 0) is 0 Å². The van der Waals surface area contributed by atoms with Crippen LogP contribution in [0.15, 0.2) is 12.3 Å². The normalized spacial score (nSPS) is 12.2. The summed E-state index contributed by atoms with van der Waals surface area (Å²) in [7, 11) is 0. The molecule has 0 saturated heterocycles. The average molecular weight is 182 g/mol. The Bertz CT molecular complexity index is 328. The first-order valence-corrected chi connectivity index (χ1v) is 3.84. The molecule has 1 unspecified atom stereocenters. The zero-order valence-corrected chi connectivity index (χ0v) is 7.34. The number of nitrogens with two attached hydrogens (primary N) is 1. The molecule has 0 aliphatic heterocycles. The van der Waals surface area contributed by atoms with Crippen molar-refractivity contribution in [3.05, 3.63) is 28.5 Å². The summed E-state index contributed by atoms with van der Waals surface area (Å²) in [6, 6.07) is 3.31. The number of hydrogen-bond donors (Lipinski definition) is 1. The molecule has 0 aliphatic rings. The summed E-state index contributed by atoms with van der Waals surface area (Å²) in [5, 5.41) is 8.96. The van der Waals surface area contributed by atoms with E-state index >= 15 is 0 Å². The van der Waals surface area contributed by atoms with Gasteiger partial charge in [0.05, 0.1) is 16.3 Å². The molecular weight excluding hydrogens is 174 g/mol. The van der Waals surface area contributed by atoms with Crippen LogP contribution in [0, 0.1) is 11.3 Å². The third kappa shape index (κ3) is 1.73. The van der Waals surface area contributed by atoms with Gasteiger partial charge in [0.25, 0.3) is 0 Å². The second kappa shape index (κ2) is 3.53. The van der Waals surface area contributed by atoms with Crippen LogP contribution in [0.25, 0.3) is 0 Å². The molecule has 2 N–H and O–H groups in total. The SMILES string of the molecule is CC(N)c1ncc(C#N)cc1Cl. The molecule has 0 aromatic carbocycles. The molecule has 0 bridgehead atoms. The first kappa shape index (κ1) is 8.98. The summed E-state index contributed by atoms with van der Waals surface area (Å²) >= 11 is 5.81. The molecule has 12 heavy (non-hydrogen) atoms. The van der Waals surface area contributed by atoms with Crippen molar-refractivity contribution in [2.45, 2.75) is 13.0 Å². The average Bonchev–Trinajstić information content (AvgIpc) is 2.03. The maximum atomic E-state index is 8.51. The molecular formula is C8H8ClN3. The highest BCUT2D eigenvalue weighted by atomic mass is 35.5. The molecule has 0 aliphatic carbocycles. The van der Waals surface area contributed by atoms with E-state index in [0.29, 0.717) is 16.3 Å². The molecule has 1 rings (SSSR count). The number of nitriles is 1. The highest BCUT2D eigenvalue weighted by Gasteiger charge is 2.06. The van der Waals surface area contributed by atoms with Gasteiger partial charge >= 0.3 is 0 Å². The van der Waals surface area contributed by atoms with Crippen molar-refractivity contribution in [1.82, 2.24) is 4.98 Å². The van der Waals surface area contributed by atoms with Gasteiger partial charge < -0.3 is 5.73 Å². The van der Waals surface area contributed by atoms with Crippen molar-refractivity contribution >= 4 is 11.6 Å². The van der Waals surface area contributed by atoms with Crippen molar-refractivity contribution in [2.24, 2.45) is 5.73 Å². The lowest BCUT2D eigenvalue weighted by Gasteiger charge is -2.05. The van der Waals surface area contributed by atoms with Crippen molar-refractivity contribution in [3.8, 4) is 6.07 Å². The third-order valence-electron chi connectivity index (χ3n) is 1.43. The van der Waals surface area contributed by atoms with Gasteiger partial charge in [0.2, 0.25) is 0 Å². The summed E-state index contributed by atoms with van der Waals surface area (Å²) in [5.41, 5.74) is 6.65. The molecule has 0 spiro atoms. The largest absolute Gasteiger partial charge is 0.323 e. The van der Waals surface area contributed by atoms with Crippen LogP contribution in [0.5, 0.6) is 0 Å². The number of hydrogen-bond acceptors (Lipinski definition) is 3. The Morgan fingerprint density at radius 2 is 2.42 bits per heavy atom. The van der Waals surface area contributed by atoms with E-state index in [1.165, 1.54) is 6.20 Å². The van der Waals surface area contributed by atoms with Crippen LogP contribution in [0.1, 0.15) is 24.2 Å². The first-order chi connectivity index (χ1) is 5.65. The van der Waals surface area contributed by atoms with Gasteiger partial charge in [0, 0.05) is 12.2 Å². The van der Waals surface area contributed by atoms with Gasteiger partial charge in [-0.15, -0.1) is 0 Å². The number of pyridine rings is 1. The molecule has 1 atom stereocenters. The van der Waals surface area contributed by atoms with Gasteiger partial charge in [-0.3, -0.25) is 4.98 Å². The molecule has 0 radical (unpaired) electrons. The van der Waals surface area contributed by atoms with Gasteiger partial charge in [0.15, 0.2) is 0 Å². The van der Waals surface area contributed by atoms with Gasteiger partial charge in [-0.2, -0.15) is 5.26 Å². The van der Waals surface area contributed by atoms with Crippen LogP contribution in [0.3, 0.4) is 0 Å². The molecule has 62 valence electrons. The van der Waals surface area contributed by atoms with Crippen LogP contribution in [0.2, 0.25) is 5.02 Å². The number of halogens is 1. The Morgan fingerprint density at radius 3 is 2.83 bits per heavy atom. The lowest BCUT2D eigenvalue weighted by atomic mass is 10.2. The quantitative estimate of drug-likeness (QED) is 0.716. The van der Waals surface area contributed by atoms with Gasteiger partial charge in [0.1, 0.15) is 6.07 Å². The monoisotopic (exact) mass is 181 g/mol. The topological polar surface area (TPSA) is 62.7 Å². The van der Waals surface area contributed by atoms with Crippen molar-refractivity contribution in [1.29, 1.82) is 5.26 Å². The summed E-state index contributed by atoms with van der Waals surface area (Å²) in [6.45, 7) is 1.79. The fourth-order valence-corrected chi connectivity index (χ4v) is 1.18. The standard InChI is InChI=1S/C8H8ClN3/c1-5(11)8-7(9)2-6(3-10)4-12-8/h2,4-5H,11H2,1H3. The third-order valence-corrected chi connectivity index (χ3v) is 1.73. The first-order valence-electron chi connectivity index (χ1n) is 3.46. The molecule has 0 fully saturated rings. The van der Waals surface area contributed by atoms with Gasteiger partial charge in [-0.05, 0) is 13.0 Å². The van der Waals surface area contributed by atoms with Crippen molar-refractivity contribution in [3.63, 3.8) is 0 Å². The number of rotatable bonds is 1. The molecule has 1 aromatic heterocycles. The number of aromatic nitrogens is 1. The van der Waals surface area contributed by atoms with Crippen LogP contribution >= 0.6 is 11.6 Å². The lowest BCUT2D eigenvalue weighted by Crippen LogP contribution is -2.07. The zero-order valence-electron chi connectivity index (χ0n) is 6.58. The Hall–Kier alpha value is -1.11.